The highest BCUT2D eigenvalue weighted by atomic mass is 32.1. The zero-order chi connectivity index (χ0) is 48.3. The third-order valence-electron chi connectivity index (χ3n) is 12.9. The molecule has 0 radical (unpaired) electrons. The van der Waals surface area contributed by atoms with E-state index in [9.17, 15) is 33.5 Å². The predicted octanol–water partition coefficient (Wildman–Crippen LogP) is 7.64. The molecule has 3 aromatic heterocycles. The Hall–Kier alpha value is -6.61. The lowest BCUT2D eigenvalue weighted by molar-refractivity contribution is -0.142. The van der Waals surface area contributed by atoms with E-state index < -0.39 is 42.0 Å². The summed E-state index contributed by atoms with van der Waals surface area (Å²) in [5.41, 5.74) is 6.91. The molecule has 3 fully saturated rings. The summed E-state index contributed by atoms with van der Waals surface area (Å²) in [7, 11) is 0. The second-order valence-corrected chi connectivity index (χ2v) is 19.8. The average Bonchev–Trinajstić information content (AvgIpc) is 4.05. The zero-order valence-electron chi connectivity index (χ0n) is 38.6. The molecule has 68 heavy (non-hydrogen) atoms. The Balaban J connectivity index is 0.895. The van der Waals surface area contributed by atoms with Gasteiger partial charge in [0.15, 0.2) is 0 Å². The number of halogens is 2. The molecule has 0 unspecified atom stereocenters. The van der Waals surface area contributed by atoms with Crippen molar-refractivity contribution in [2.75, 3.05) is 42.9 Å². The largest absolute Gasteiger partial charge is 0.391 e. The molecular formula is C51H56F2N10O4S. The predicted molar refractivity (Wildman–Crippen MR) is 258 cm³/mol. The molecule has 5 aromatic rings. The minimum absolute atomic E-state index is 0.00817. The van der Waals surface area contributed by atoms with Crippen LogP contribution in [0.3, 0.4) is 0 Å². The maximum absolute atomic E-state index is 14.4. The van der Waals surface area contributed by atoms with Crippen LogP contribution in [0.15, 0.2) is 91.1 Å². The van der Waals surface area contributed by atoms with Crippen molar-refractivity contribution in [3.63, 3.8) is 0 Å². The number of benzene rings is 2. The molecule has 0 saturated carbocycles. The van der Waals surface area contributed by atoms with Crippen LogP contribution in [-0.4, -0.2) is 104 Å². The van der Waals surface area contributed by atoms with Crippen LogP contribution in [0.5, 0.6) is 0 Å². The van der Waals surface area contributed by atoms with E-state index in [1.54, 1.807) is 39.9 Å². The summed E-state index contributed by atoms with van der Waals surface area (Å²) in [5.74, 6) is -2.37. The number of thiazole rings is 1. The molecule has 4 N–H and O–H groups in total. The van der Waals surface area contributed by atoms with Crippen molar-refractivity contribution >= 4 is 52.2 Å². The number of β-amino-alcohol motifs (C(OH)–C–C–N with tert-alkyl or cyclic N) is 1. The molecule has 3 aliphatic heterocycles. The first-order valence-electron chi connectivity index (χ1n) is 22.8. The van der Waals surface area contributed by atoms with Crippen LogP contribution < -0.4 is 20.9 Å². The third kappa shape index (κ3) is 11.0. The summed E-state index contributed by atoms with van der Waals surface area (Å²) in [6.07, 6.45) is 1.76. The average molecular weight is 943 g/mol. The van der Waals surface area contributed by atoms with Crippen LogP contribution >= 0.6 is 11.3 Å². The smallest absolute Gasteiger partial charge is 0.266 e. The van der Waals surface area contributed by atoms with Crippen molar-refractivity contribution in [3.8, 4) is 16.5 Å². The number of piperidine rings is 1. The Morgan fingerprint density at radius 3 is 2.44 bits per heavy atom. The molecule has 0 spiro atoms. The Bertz CT molecular complexity index is 2730. The van der Waals surface area contributed by atoms with Gasteiger partial charge in [0.25, 0.3) is 11.8 Å². The lowest BCUT2D eigenvalue weighted by atomic mass is 9.85. The molecule has 3 amide bonds. The molecule has 3 atom stereocenters. The molecule has 354 valence electrons. The number of nitriles is 1. The second-order valence-electron chi connectivity index (χ2n) is 19.0. The van der Waals surface area contributed by atoms with Gasteiger partial charge >= 0.3 is 0 Å². The van der Waals surface area contributed by atoms with Crippen molar-refractivity contribution in [1.29, 1.82) is 5.26 Å². The van der Waals surface area contributed by atoms with Crippen molar-refractivity contribution < 1.29 is 28.3 Å². The van der Waals surface area contributed by atoms with Crippen molar-refractivity contribution in [1.82, 2.24) is 35.4 Å². The fourth-order valence-corrected chi connectivity index (χ4v) is 10.0. The molecule has 0 bridgehead atoms. The van der Waals surface area contributed by atoms with E-state index in [1.807, 2.05) is 87.2 Å². The van der Waals surface area contributed by atoms with Gasteiger partial charge in [-0.15, -0.1) is 11.3 Å². The summed E-state index contributed by atoms with van der Waals surface area (Å²) >= 11 is 1.56. The van der Waals surface area contributed by atoms with E-state index in [-0.39, 0.29) is 50.2 Å². The maximum Gasteiger partial charge on any atom is 0.266 e. The quantitative estimate of drug-likeness (QED) is 0.0912. The van der Waals surface area contributed by atoms with Gasteiger partial charge in [-0.2, -0.15) is 5.26 Å². The van der Waals surface area contributed by atoms with Crippen molar-refractivity contribution in [2.24, 2.45) is 5.41 Å². The first-order chi connectivity index (χ1) is 32.4. The Morgan fingerprint density at radius 2 is 1.76 bits per heavy atom. The normalized spacial score (nSPS) is 18.8. The van der Waals surface area contributed by atoms with Crippen LogP contribution in [0.4, 0.5) is 26.2 Å². The lowest BCUT2D eigenvalue weighted by Gasteiger charge is -2.35. The highest BCUT2D eigenvalue weighted by Gasteiger charge is 2.44. The number of aliphatic hydroxyl groups excluding tert-OH is 1. The summed E-state index contributed by atoms with van der Waals surface area (Å²) in [5, 5.41) is 29.6. The topological polar surface area (TPSA) is 180 Å². The summed E-state index contributed by atoms with van der Waals surface area (Å²) in [6, 6.07) is 22.4. The van der Waals surface area contributed by atoms with E-state index in [0.29, 0.717) is 60.2 Å². The number of hydrogen-bond donors (Lipinski definition) is 4. The summed E-state index contributed by atoms with van der Waals surface area (Å²) in [4.78, 5) is 61.4. The fourth-order valence-electron chi connectivity index (χ4n) is 9.20. The second kappa shape index (κ2) is 19.9. The highest BCUT2D eigenvalue weighted by Crippen LogP contribution is 2.36. The lowest BCUT2D eigenvalue weighted by Crippen LogP contribution is -2.56. The molecule has 3 saturated heterocycles. The number of carbonyl (C=O) groups excluding carboxylic acids is 3. The van der Waals surface area contributed by atoms with E-state index in [2.05, 4.69) is 43.6 Å². The molecule has 3 aliphatic rings. The van der Waals surface area contributed by atoms with Crippen molar-refractivity contribution in [3.05, 3.63) is 125 Å². The number of likely N-dealkylation sites (tertiary alicyclic amines) is 2. The number of aryl methyl sites for hydroxylation is 1. The number of aromatic nitrogens is 3. The highest BCUT2D eigenvalue weighted by molar-refractivity contribution is 7.13. The zero-order valence-corrected chi connectivity index (χ0v) is 39.5. The number of hydrogen-bond acceptors (Lipinski definition) is 12. The number of pyridine rings is 2. The minimum Gasteiger partial charge on any atom is -0.391 e. The van der Waals surface area contributed by atoms with Gasteiger partial charge in [0.05, 0.1) is 46.4 Å². The van der Waals surface area contributed by atoms with Crippen LogP contribution in [0.25, 0.3) is 16.1 Å². The Kier molecular flexibility index (Phi) is 14.0. The van der Waals surface area contributed by atoms with Gasteiger partial charge in [-0.1, -0.05) is 63.7 Å². The van der Waals surface area contributed by atoms with Gasteiger partial charge in [0.2, 0.25) is 11.8 Å². The van der Waals surface area contributed by atoms with Crippen LogP contribution in [0, 0.1) is 23.7 Å². The first-order valence-corrected chi connectivity index (χ1v) is 23.7. The molecule has 6 heterocycles. The van der Waals surface area contributed by atoms with E-state index in [1.165, 1.54) is 11.1 Å². The van der Waals surface area contributed by atoms with Gasteiger partial charge in [-0.3, -0.25) is 14.4 Å². The summed E-state index contributed by atoms with van der Waals surface area (Å²) in [6.45, 7) is 12.8. The van der Waals surface area contributed by atoms with Gasteiger partial charge < -0.3 is 35.8 Å². The standard InChI is InChI=1S/C51H56F2N10O4S/c1-31(35-9-11-37(12-10-35)45-32(2)57-30-68-45)58-47(65)41-25-40(64)28-63(41)49(67)46(50(3,4)5)56-27-34-7-6-8-38(21-34)48(66)61-18-14-36(15-19-61)39-23-43(59-42-22-33(26-54)13-17-55-42)60-44(24-39)62-20-16-51(52,53)29-62/h6-13,17,21-24,30,36,40-41,46,56,64H,1,14-16,18-20,25,27-29H2,2-5H3,(H,58,65)(H,55,59,60)/t40-,41+,46-/m1/s1. The SMILES string of the molecule is C=C(NC(=O)[C@@H]1C[C@@H](O)CN1C(=O)[C@@H](NCc1cccc(C(=O)N2CCC(c3cc(Nc4cc(C#N)ccn4)nc(N4CCC(F)(F)C4)c3)CC2)c1)C(C)(C)C)c1ccc(-c2scnc2C)cc1. The number of amides is 3. The molecule has 8 rings (SSSR count). The number of aliphatic hydroxyl groups is 1. The molecule has 14 nitrogen and oxygen atoms in total. The van der Waals surface area contributed by atoms with Crippen LogP contribution in [-0.2, 0) is 16.1 Å². The minimum atomic E-state index is -2.81. The molecular weight excluding hydrogens is 887 g/mol. The van der Waals surface area contributed by atoms with E-state index >= 15 is 0 Å². The monoisotopic (exact) mass is 942 g/mol. The maximum atomic E-state index is 14.4. The number of anilines is 3. The van der Waals surface area contributed by atoms with Crippen molar-refractivity contribution in [2.45, 2.75) is 90.0 Å². The molecule has 2 aromatic carbocycles. The van der Waals surface area contributed by atoms with Crippen LogP contribution in [0.2, 0.25) is 0 Å². The van der Waals surface area contributed by atoms with Gasteiger partial charge in [-0.05, 0) is 89.8 Å². The van der Waals surface area contributed by atoms with Crippen LogP contribution in [0.1, 0.15) is 90.7 Å². The van der Waals surface area contributed by atoms with E-state index in [0.717, 1.165) is 32.8 Å². The first kappa shape index (κ1) is 47.9. The van der Waals surface area contributed by atoms with Gasteiger partial charge in [0.1, 0.15) is 23.5 Å². The molecule has 0 aliphatic carbocycles. The number of alkyl halides is 2. The Morgan fingerprint density at radius 1 is 1.00 bits per heavy atom. The number of rotatable bonds is 13. The van der Waals surface area contributed by atoms with Gasteiger partial charge in [-0.25, -0.2) is 23.7 Å². The van der Waals surface area contributed by atoms with E-state index in [4.69, 9.17) is 0 Å². The summed E-state index contributed by atoms with van der Waals surface area (Å²) < 4.78 is 28.6. The third-order valence-corrected chi connectivity index (χ3v) is 13.9. The number of carbonyl (C=O) groups is 3. The Labute approximate surface area is 399 Å². The number of nitrogens with one attached hydrogen (secondary N) is 3. The molecule has 17 heteroatoms. The fraction of sp³-hybridized carbons (Fsp3) is 0.392. The van der Waals surface area contributed by atoms with Gasteiger partial charge in [0, 0.05) is 63.0 Å². The number of nitrogens with zero attached hydrogens (tertiary/aromatic N) is 7.